The maximum absolute atomic E-state index is 12.7. The smallest absolute Gasteiger partial charge is 0.245 e. The number of thiophene rings is 1. The number of alkyl halides is 1. The summed E-state index contributed by atoms with van der Waals surface area (Å²) in [6, 6.07) is 5.67. The molecule has 1 aliphatic carbocycles. The van der Waals surface area contributed by atoms with Crippen LogP contribution in [0.25, 0.3) is 0 Å². The number of nitrogens with one attached hydrogen (secondary N) is 1. The molecule has 0 saturated heterocycles. The number of aromatic nitrogens is 1. The van der Waals surface area contributed by atoms with Gasteiger partial charge in [0.25, 0.3) is 0 Å². The van der Waals surface area contributed by atoms with Crippen molar-refractivity contribution in [3.8, 4) is 0 Å². The molecule has 0 unspecified atom stereocenters. The van der Waals surface area contributed by atoms with Crippen LogP contribution in [0.2, 0.25) is 0 Å². The molecule has 0 amide bonds. The van der Waals surface area contributed by atoms with Gasteiger partial charge in [0.05, 0.1) is 10.8 Å². The first kappa shape index (κ1) is 14.1. The molecule has 108 valence electrons. The number of nitrogens with zero attached hydrogens (tertiary/aromatic N) is 1. The number of rotatable bonds is 6. The lowest BCUT2D eigenvalue weighted by Crippen LogP contribution is -2.32. The van der Waals surface area contributed by atoms with Crippen molar-refractivity contribution in [3.63, 3.8) is 0 Å². The largest absolute Gasteiger partial charge is 0.363 e. The van der Waals surface area contributed by atoms with Gasteiger partial charge in [0, 0.05) is 29.4 Å². The fraction of sp³-hybridized carbons (Fsp3) is 0.385. The summed E-state index contributed by atoms with van der Waals surface area (Å²) in [7, 11) is -3.45. The van der Waals surface area contributed by atoms with Crippen molar-refractivity contribution < 1.29 is 8.42 Å². The summed E-state index contributed by atoms with van der Waals surface area (Å²) < 4.78 is 27.1. The molecule has 2 heterocycles. The SMILES string of the molecule is O=S(=O)(c1c[nH]c(CCl)c1)N(Cc1cccs1)C1CC1. The van der Waals surface area contributed by atoms with Gasteiger partial charge >= 0.3 is 0 Å². The normalized spacial score (nSPS) is 15.9. The maximum atomic E-state index is 12.7. The van der Waals surface area contributed by atoms with E-state index in [-0.39, 0.29) is 11.9 Å². The zero-order chi connectivity index (χ0) is 14.2. The van der Waals surface area contributed by atoms with Crippen molar-refractivity contribution in [1.29, 1.82) is 0 Å². The molecule has 0 atom stereocenters. The molecule has 20 heavy (non-hydrogen) atoms. The average Bonchev–Trinajstić information content (AvgIpc) is 2.96. The molecule has 7 heteroatoms. The molecule has 0 aliphatic heterocycles. The second kappa shape index (κ2) is 5.52. The molecule has 4 nitrogen and oxygen atoms in total. The number of hydrogen-bond donors (Lipinski definition) is 1. The van der Waals surface area contributed by atoms with Crippen molar-refractivity contribution >= 4 is 33.0 Å². The predicted molar refractivity (Wildman–Crippen MR) is 80.4 cm³/mol. The molecule has 1 saturated carbocycles. The van der Waals surface area contributed by atoms with Crippen LogP contribution in [0.1, 0.15) is 23.4 Å². The van der Waals surface area contributed by atoms with Gasteiger partial charge in [0.15, 0.2) is 0 Å². The molecule has 1 N–H and O–H groups in total. The Morgan fingerprint density at radius 2 is 2.25 bits per heavy atom. The summed E-state index contributed by atoms with van der Waals surface area (Å²) in [6.07, 6.45) is 3.41. The number of aromatic amines is 1. The highest BCUT2D eigenvalue weighted by atomic mass is 35.5. The Morgan fingerprint density at radius 3 is 2.80 bits per heavy atom. The van der Waals surface area contributed by atoms with E-state index in [1.54, 1.807) is 21.7 Å². The minimum absolute atomic E-state index is 0.136. The second-order valence-electron chi connectivity index (χ2n) is 4.86. The third-order valence-corrected chi connectivity index (χ3v) is 6.34. The first-order chi connectivity index (χ1) is 9.61. The molecular weight excluding hydrogens is 316 g/mol. The van der Waals surface area contributed by atoms with E-state index in [1.807, 2.05) is 17.5 Å². The zero-order valence-corrected chi connectivity index (χ0v) is 13.1. The van der Waals surface area contributed by atoms with Crippen LogP contribution in [0.5, 0.6) is 0 Å². The van der Waals surface area contributed by atoms with E-state index in [2.05, 4.69) is 4.98 Å². The van der Waals surface area contributed by atoms with Gasteiger partial charge in [0.1, 0.15) is 0 Å². The third-order valence-electron chi connectivity index (χ3n) is 3.31. The predicted octanol–water partition coefficient (Wildman–Crippen LogP) is 3.17. The highest BCUT2D eigenvalue weighted by Gasteiger charge is 2.38. The average molecular weight is 331 g/mol. The minimum Gasteiger partial charge on any atom is -0.363 e. The molecule has 2 aromatic heterocycles. The van der Waals surface area contributed by atoms with Crippen molar-refractivity contribution in [2.24, 2.45) is 0 Å². The molecule has 0 bridgehead atoms. The Labute approximate surface area is 127 Å². The Bertz CT molecular complexity index is 675. The van der Waals surface area contributed by atoms with Crippen LogP contribution in [-0.4, -0.2) is 23.7 Å². The molecule has 1 fully saturated rings. The van der Waals surface area contributed by atoms with Crippen LogP contribution in [-0.2, 0) is 22.4 Å². The summed E-state index contributed by atoms with van der Waals surface area (Å²) in [5.74, 6) is 0.282. The lowest BCUT2D eigenvalue weighted by atomic mass is 10.4. The van der Waals surface area contributed by atoms with Crippen LogP contribution in [0.15, 0.2) is 34.7 Å². The van der Waals surface area contributed by atoms with Gasteiger partial charge in [-0.15, -0.1) is 22.9 Å². The monoisotopic (exact) mass is 330 g/mol. The van der Waals surface area contributed by atoms with Gasteiger partial charge in [0.2, 0.25) is 10.0 Å². The van der Waals surface area contributed by atoms with Crippen molar-refractivity contribution in [2.45, 2.75) is 36.2 Å². The Balaban J connectivity index is 1.89. The van der Waals surface area contributed by atoms with Crippen LogP contribution in [0.3, 0.4) is 0 Å². The highest BCUT2D eigenvalue weighted by Crippen LogP contribution is 2.34. The zero-order valence-electron chi connectivity index (χ0n) is 10.8. The quantitative estimate of drug-likeness (QED) is 0.827. The topological polar surface area (TPSA) is 53.2 Å². The van der Waals surface area contributed by atoms with E-state index < -0.39 is 10.0 Å². The third kappa shape index (κ3) is 2.79. The molecule has 0 spiro atoms. The molecule has 3 rings (SSSR count). The van der Waals surface area contributed by atoms with Crippen LogP contribution >= 0.6 is 22.9 Å². The lowest BCUT2D eigenvalue weighted by molar-refractivity contribution is 0.401. The first-order valence-electron chi connectivity index (χ1n) is 6.39. The van der Waals surface area contributed by atoms with E-state index in [9.17, 15) is 8.42 Å². The number of halogens is 1. The lowest BCUT2D eigenvalue weighted by Gasteiger charge is -2.20. The van der Waals surface area contributed by atoms with Crippen LogP contribution < -0.4 is 0 Å². The van der Waals surface area contributed by atoms with Gasteiger partial charge in [-0.2, -0.15) is 4.31 Å². The van der Waals surface area contributed by atoms with Gasteiger partial charge in [-0.1, -0.05) is 6.07 Å². The number of H-pyrrole nitrogens is 1. The molecule has 1 aliphatic rings. The van der Waals surface area contributed by atoms with E-state index in [0.29, 0.717) is 11.4 Å². The summed E-state index contributed by atoms with van der Waals surface area (Å²) >= 11 is 7.30. The van der Waals surface area contributed by atoms with E-state index in [0.717, 1.165) is 23.4 Å². The molecule has 0 radical (unpaired) electrons. The summed E-state index contributed by atoms with van der Waals surface area (Å²) in [6.45, 7) is 0.450. The summed E-state index contributed by atoms with van der Waals surface area (Å²) in [4.78, 5) is 4.27. The van der Waals surface area contributed by atoms with Crippen molar-refractivity contribution in [3.05, 3.63) is 40.3 Å². The van der Waals surface area contributed by atoms with Crippen molar-refractivity contribution in [2.75, 3.05) is 0 Å². The molecule has 0 aromatic carbocycles. The van der Waals surface area contributed by atoms with Gasteiger partial charge in [-0.3, -0.25) is 0 Å². The van der Waals surface area contributed by atoms with Gasteiger partial charge < -0.3 is 4.98 Å². The van der Waals surface area contributed by atoms with Crippen LogP contribution in [0.4, 0.5) is 0 Å². The maximum Gasteiger partial charge on any atom is 0.245 e. The Morgan fingerprint density at radius 1 is 1.45 bits per heavy atom. The van der Waals surface area contributed by atoms with Crippen LogP contribution in [0, 0.1) is 0 Å². The fourth-order valence-electron chi connectivity index (χ4n) is 2.11. The first-order valence-corrected chi connectivity index (χ1v) is 9.24. The van der Waals surface area contributed by atoms with E-state index >= 15 is 0 Å². The van der Waals surface area contributed by atoms with Crippen molar-refractivity contribution in [1.82, 2.24) is 9.29 Å². The molecule has 2 aromatic rings. The fourth-order valence-corrected chi connectivity index (χ4v) is 4.73. The highest BCUT2D eigenvalue weighted by molar-refractivity contribution is 7.89. The second-order valence-corrected chi connectivity index (χ2v) is 8.05. The van der Waals surface area contributed by atoms with Gasteiger partial charge in [-0.05, 0) is 30.4 Å². The Hall–Kier alpha value is -0.820. The standard InChI is InChI=1S/C13H15ClN2O2S2/c14-7-10-6-13(8-15-10)20(17,18)16(11-3-4-11)9-12-2-1-5-19-12/h1-2,5-6,8,11,15H,3-4,7,9H2. The Kier molecular flexibility index (Phi) is 3.90. The number of hydrogen-bond acceptors (Lipinski definition) is 3. The molecular formula is C13H15ClN2O2S2. The summed E-state index contributed by atoms with van der Waals surface area (Å²) in [5, 5.41) is 1.97. The van der Waals surface area contributed by atoms with E-state index in [4.69, 9.17) is 11.6 Å². The van der Waals surface area contributed by atoms with Gasteiger partial charge in [-0.25, -0.2) is 8.42 Å². The van der Waals surface area contributed by atoms with E-state index in [1.165, 1.54) is 6.20 Å². The number of sulfonamides is 1. The minimum atomic E-state index is -3.45. The summed E-state index contributed by atoms with van der Waals surface area (Å²) in [5.41, 5.74) is 0.720.